The van der Waals surface area contributed by atoms with E-state index in [9.17, 15) is 4.79 Å². The lowest BCUT2D eigenvalue weighted by molar-refractivity contribution is -0.149. The topological polar surface area (TPSA) is 41.6 Å². The molecule has 0 aliphatic carbocycles. The Kier molecular flexibility index (Phi) is 4.88. The normalized spacial score (nSPS) is 24.3. The lowest BCUT2D eigenvalue weighted by Gasteiger charge is -2.34. The highest BCUT2D eigenvalue weighted by Crippen LogP contribution is 2.24. The van der Waals surface area contributed by atoms with Gasteiger partial charge in [-0.1, -0.05) is 30.3 Å². The van der Waals surface area contributed by atoms with Crippen LogP contribution in [0, 0.1) is 5.92 Å². The number of ether oxygens (including phenoxy) is 1. The van der Waals surface area contributed by atoms with Gasteiger partial charge >= 0.3 is 0 Å². The molecule has 1 aromatic rings. The van der Waals surface area contributed by atoms with E-state index < -0.39 is 0 Å². The molecule has 2 aliphatic heterocycles. The van der Waals surface area contributed by atoms with Crippen LogP contribution in [0.15, 0.2) is 30.3 Å². The fraction of sp³-hybridized carbons (Fsp3) is 0.588. The van der Waals surface area contributed by atoms with E-state index in [2.05, 4.69) is 17.4 Å². The summed E-state index contributed by atoms with van der Waals surface area (Å²) in [5.41, 5.74) is 1.16. The Bertz CT molecular complexity index is 457. The number of hydrogen-bond acceptors (Lipinski definition) is 3. The van der Waals surface area contributed by atoms with Crippen LogP contribution in [0.25, 0.3) is 0 Å². The maximum Gasteiger partial charge on any atom is 0.248 e. The number of benzene rings is 1. The first kappa shape index (κ1) is 14.5. The van der Waals surface area contributed by atoms with Gasteiger partial charge in [0.2, 0.25) is 5.91 Å². The minimum absolute atomic E-state index is 0.0249. The van der Waals surface area contributed by atoms with Gasteiger partial charge in [-0.2, -0.15) is 0 Å². The third-order valence-electron chi connectivity index (χ3n) is 4.58. The summed E-state index contributed by atoms with van der Waals surface area (Å²) in [4.78, 5) is 14.0. The van der Waals surface area contributed by atoms with Crippen molar-refractivity contribution in [3.8, 4) is 0 Å². The second-order valence-corrected chi connectivity index (χ2v) is 6.03. The molecule has 0 bridgehead atoms. The van der Waals surface area contributed by atoms with Gasteiger partial charge in [0.15, 0.2) is 0 Å². The van der Waals surface area contributed by atoms with Gasteiger partial charge in [0.25, 0.3) is 0 Å². The third-order valence-corrected chi connectivity index (χ3v) is 4.58. The van der Waals surface area contributed by atoms with Gasteiger partial charge in [-0.05, 0) is 43.8 Å². The SMILES string of the molecule is O=C1CO[C@H](c2ccccc2)CN1CCC1CCNCC1. The molecule has 114 valence electrons. The van der Waals surface area contributed by atoms with Crippen LogP contribution >= 0.6 is 0 Å². The predicted molar refractivity (Wildman–Crippen MR) is 81.9 cm³/mol. The van der Waals surface area contributed by atoms with E-state index >= 15 is 0 Å². The number of amides is 1. The molecule has 0 aromatic heterocycles. The summed E-state index contributed by atoms with van der Waals surface area (Å²) in [6.45, 7) is 4.01. The fourth-order valence-electron chi connectivity index (χ4n) is 3.21. The molecule has 0 radical (unpaired) electrons. The van der Waals surface area contributed by atoms with Crippen LogP contribution in [0.5, 0.6) is 0 Å². The van der Waals surface area contributed by atoms with E-state index in [0.717, 1.165) is 37.5 Å². The van der Waals surface area contributed by atoms with Gasteiger partial charge in [-0.3, -0.25) is 4.79 Å². The number of rotatable bonds is 4. The van der Waals surface area contributed by atoms with Crippen molar-refractivity contribution in [1.29, 1.82) is 0 Å². The summed E-state index contributed by atoms with van der Waals surface area (Å²) in [5, 5.41) is 3.39. The Hall–Kier alpha value is -1.39. The fourth-order valence-corrected chi connectivity index (χ4v) is 3.21. The molecule has 21 heavy (non-hydrogen) atoms. The van der Waals surface area contributed by atoms with E-state index in [-0.39, 0.29) is 18.6 Å². The van der Waals surface area contributed by atoms with Crippen molar-refractivity contribution >= 4 is 5.91 Å². The van der Waals surface area contributed by atoms with Gasteiger partial charge < -0.3 is 15.0 Å². The van der Waals surface area contributed by atoms with Crippen molar-refractivity contribution < 1.29 is 9.53 Å². The molecule has 1 atom stereocenters. The lowest BCUT2D eigenvalue weighted by atomic mass is 9.94. The van der Waals surface area contributed by atoms with E-state index in [1.807, 2.05) is 23.1 Å². The van der Waals surface area contributed by atoms with Gasteiger partial charge in [0.1, 0.15) is 12.7 Å². The molecule has 0 spiro atoms. The van der Waals surface area contributed by atoms with E-state index in [0.29, 0.717) is 6.54 Å². The van der Waals surface area contributed by atoms with Gasteiger partial charge in [0.05, 0.1) is 6.54 Å². The largest absolute Gasteiger partial charge is 0.362 e. The van der Waals surface area contributed by atoms with Gasteiger partial charge in [-0.25, -0.2) is 0 Å². The molecule has 2 saturated heterocycles. The first-order valence-electron chi connectivity index (χ1n) is 7.98. The van der Waals surface area contributed by atoms with Crippen molar-refractivity contribution in [2.45, 2.75) is 25.4 Å². The molecule has 1 N–H and O–H groups in total. The number of carbonyl (C=O) groups is 1. The highest BCUT2D eigenvalue weighted by atomic mass is 16.5. The number of nitrogens with one attached hydrogen (secondary N) is 1. The molecule has 4 nitrogen and oxygen atoms in total. The first-order valence-corrected chi connectivity index (χ1v) is 7.98. The van der Waals surface area contributed by atoms with Gasteiger partial charge in [-0.15, -0.1) is 0 Å². The molecule has 2 heterocycles. The zero-order valence-electron chi connectivity index (χ0n) is 12.5. The molecule has 0 unspecified atom stereocenters. The summed E-state index contributed by atoms with van der Waals surface area (Å²) in [6, 6.07) is 10.2. The van der Waals surface area contributed by atoms with E-state index in [4.69, 9.17) is 4.74 Å². The molecule has 2 fully saturated rings. The van der Waals surface area contributed by atoms with E-state index in [1.165, 1.54) is 12.8 Å². The first-order chi connectivity index (χ1) is 10.3. The van der Waals surface area contributed by atoms with Crippen LogP contribution in [0.4, 0.5) is 0 Å². The molecule has 1 aromatic carbocycles. The minimum Gasteiger partial charge on any atom is -0.362 e. The smallest absolute Gasteiger partial charge is 0.248 e. The van der Waals surface area contributed by atoms with Crippen LogP contribution in [0.2, 0.25) is 0 Å². The minimum atomic E-state index is 0.0249. The van der Waals surface area contributed by atoms with Crippen LogP contribution in [0.3, 0.4) is 0 Å². The van der Waals surface area contributed by atoms with E-state index in [1.54, 1.807) is 0 Å². The monoisotopic (exact) mass is 288 g/mol. The summed E-state index contributed by atoms with van der Waals surface area (Å²) < 4.78 is 5.70. The average Bonchev–Trinajstić information content (AvgIpc) is 2.56. The molecule has 1 amide bonds. The lowest BCUT2D eigenvalue weighted by Crippen LogP contribution is -2.44. The molecule has 3 rings (SSSR count). The summed E-state index contributed by atoms with van der Waals surface area (Å²) in [7, 11) is 0. The molecule has 4 heteroatoms. The maximum atomic E-state index is 12.0. The maximum absolute atomic E-state index is 12.0. The Morgan fingerprint density at radius 1 is 1.19 bits per heavy atom. The number of nitrogens with zero attached hydrogens (tertiary/aromatic N) is 1. The zero-order chi connectivity index (χ0) is 14.5. The summed E-state index contributed by atoms with van der Waals surface area (Å²) >= 11 is 0. The van der Waals surface area contributed by atoms with Crippen molar-refractivity contribution in [2.24, 2.45) is 5.92 Å². The van der Waals surface area contributed by atoms with Crippen LogP contribution in [0.1, 0.15) is 30.9 Å². The number of carbonyl (C=O) groups excluding carboxylic acids is 1. The Morgan fingerprint density at radius 3 is 2.71 bits per heavy atom. The highest BCUT2D eigenvalue weighted by molar-refractivity contribution is 5.78. The van der Waals surface area contributed by atoms with Crippen molar-refractivity contribution in [3.05, 3.63) is 35.9 Å². The molecule has 0 saturated carbocycles. The molecule has 2 aliphatic rings. The second kappa shape index (κ2) is 7.05. The van der Waals surface area contributed by atoms with Crippen molar-refractivity contribution in [2.75, 3.05) is 32.8 Å². The van der Waals surface area contributed by atoms with Crippen molar-refractivity contribution in [3.63, 3.8) is 0 Å². The second-order valence-electron chi connectivity index (χ2n) is 6.03. The van der Waals surface area contributed by atoms with Gasteiger partial charge in [0, 0.05) is 6.54 Å². The Labute approximate surface area is 126 Å². The number of piperidine rings is 1. The standard InChI is InChI=1S/C17H24N2O2/c20-17-13-21-16(15-4-2-1-3-5-15)12-19(17)11-8-14-6-9-18-10-7-14/h1-5,14,16,18H,6-13H2/t16-/m0/s1. The number of morpholine rings is 1. The predicted octanol–water partition coefficient (Wildman–Crippen LogP) is 1.98. The van der Waals surface area contributed by atoms with Crippen LogP contribution in [-0.4, -0.2) is 43.6 Å². The molecular formula is C17H24N2O2. The molecular weight excluding hydrogens is 264 g/mol. The number of hydrogen-bond donors (Lipinski definition) is 1. The van der Waals surface area contributed by atoms with Crippen molar-refractivity contribution in [1.82, 2.24) is 10.2 Å². The highest BCUT2D eigenvalue weighted by Gasteiger charge is 2.27. The third kappa shape index (κ3) is 3.83. The summed E-state index contributed by atoms with van der Waals surface area (Å²) in [5.74, 6) is 0.896. The quantitative estimate of drug-likeness (QED) is 0.921. The zero-order valence-corrected chi connectivity index (χ0v) is 12.5. The van der Waals surface area contributed by atoms with Crippen LogP contribution in [-0.2, 0) is 9.53 Å². The average molecular weight is 288 g/mol. The Morgan fingerprint density at radius 2 is 1.95 bits per heavy atom. The Balaban J connectivity index is 1.55. The summed E-state index contributed by atoms with van der Waals surface area (Å²) in [6.07, 6.45) is 3.62. The van der Waals surface area contributed by atoms with Crippen LogP contribution < -0.4 is 5.32 Å².